The second-order valence-electron chi connectivity index (χ2n) is 9.53. The number of likely N-dealkylation sites (N-methyl/N-ethyl adjacent to an activating group) is 1. The summed E-state index contributed by atoms with van der Waals surface area (Å²) in [7, 11) is 0. The molecule has 1 unspecified atom stereocenters. The molecule has 1 aromatic carbocycles. The van der Waals surface area contributed by atoms with Crippen molar-refractivity contribution in [3.05, 3.63) is 53.8 Å². The predicted octanol–water partition coefficient (Wildman–Crippen LogP) is 5.79. The maximum atomic E-state index is 6.30. The minimum atomic E-state index is -0.00323. The van der Waals surface area contributed by atoms with Gasteiger partial charge < -0.3 is 4.90 Å². The fourth-order valence-electron chi connectivity index (χ4n) is 5.49. The summed E-state index contributed by atoms with van der Waals surface area (Å²) in [6, 6.07) is 8.94. The van der Waals surface area contributed by atoms with Crippen molar-refractivity contribution >= 4 is 23.1 Å². The van der Waals surface area contributed by atoms with Gasteiger partial charge in [-0.1, -0.05) is 75.4 Å². The molecule has 4 rings (SSSR count). The summed E-state index contributed by atoms with van der Waals surface area (Å²) in [5.74, 6) is 2.08. The van der Waals surface area contributed by atoms with Crippen LogP contribution in [-0.4, -0.2) is 35.5 Å². The average molecular weight is 427 g/mol. The number of alkyl halides is 1. The van der Waals surface area contributed by atoms with Crippen LogP contribution in [0.1, 0.15) is 64.9 Å². The molecule has 1 aliphatic carbocycles. The normalized spacial score (nSPS) is 25.0. The van der Waals surface area contributed by atoms with Gasteiger partial charge in [0, 0.05) is 29.4 Å². The highest BCUT2D eigenvalue weighted by Crippen LogP contribution is 2.47. The highest BCUT2D eigenvalue weighted by atomic mass is 35.5. The van der Waals surface area contributed by atoms with E-state index in [0.717, 1.165) is 31.4 Å². The quantitative estimate of drug-likeness (QED) is 0.337. The molecule has 1 atom stereocenters. The third-order valence-electron chi connectivity index (χ3n) is 7.18. The average Bonchev–Trinajstić information content (AvgIpc) is 3.42. The first kappa shape index (κ1) is 21.5. The molecule has 0 spiro atoms. The van der Waals surface area contributed by atoms with Crippen molar-refractivity contribution in [3.8, 4) is 0 Å². The Hall–Kier alpha value is -1.74. The van der Waals surface area contributed by atoms with Crippen LogP contribution in [0.25, 0.3) is 0 Å². The Bertz CT molecular complexity index is 846. The van der Waals surface area contributed by atoms with Crippen LogP contribution in [0.4, 0.5) is 5.69 Å². The third kappa shape index (κ3) is 4.32. The molecule has 0 amide bonds. The number of benzene rings is 1. The minimum Gasteiger partial charge on any atom is -0.344 e. The van der Waals surface area contributed by atoms with Crippen LogP contribution in [0.5, 0.6) is 0 Å². The van der Waals surface area contributed by atoms with Crippen molar-refractivity contribution in [2.45, 2.75) is 70.2 Å². The first-order valence-electron chi connectivity index (χ1n) is 11.8. The van der Waals surface area contributed by atoms with E-state index in [1.54, 1.807) is 0 Å². The van der Waals surface area contributed by atoms with E-state index in [2.05, 4.69) is 78.1 Å². The second kappa shape index (κ2) is 9.18. The molecule has 162 valence electrons. The summed E-state index contributed by atoms with van der Waals surface area (Å²) in [4.78, 5) is 2.57. The van der Waals surface area contributed by atoms with Crippen molar-refractivity contribution < 1.29 is 4.58 Å². The van der Waals surface area contributed by atoms with Crippen LogP contribution in [0.15, 0.2) is 48.2 Å². The highest BCUT2D eigenvalue weighted by molar-refractivity contribution is 6.22. The van der Waals surface area contributed by atoms with Gasteiger partial charge in [-0.15, -0.1) is 0 Å². The summed E-state index contributed by atoms with van der Waals surface area (Å²) < 4.78 is 2.29. The largest absolute Gasteiger partial charge is 0.344 e. The summed E-state index contributed by atoms with van der Waals surface area (Å²) in [5, 5.41) is 3.37. The number of fused-ring (bicyclic) bond motifs is 1. The fraction of sp³-hybridized carbons (Fsp3) is 0.577. The van der Waals surface area contributed by atoms with Crippen molar-refractivity contribution in [2.24, 2.45) is 5.92 Å². The Balaban J connectivity index is 1.55. The lowest BCUT2D eigenvalue weighted by atomic mass is 9.84. The number of amidine groups is 1. The number of nitrogens with zero attached hydrogens (tertiary/aromatic N) is 2. The van der Waals surface area contributed by atoms with Gasteiger partial charge in [0.25, 0.3) is 5.84 Å². The summed E-state index contributed by atoms with van der Waals surface area (Å²) in [6.45, 7) is 9.82. The van der Waals surface area contributed by atoms with E-state index >= 15 is 0 Å². The molecule has 1 aromatic rings. The molecule has 1 N–H and O–H groups in total. The molecular weight excluding hydrogens is 390 g/mol. The van der Waals surface area contributed by atoms with Crippen LogP contribution >= 0.6 is 11.6 Å². The van der Waals surface area contributed by atoms with Crippen LogP contribution in [0.2, 0.25) is 0 Å². The molecule has 3 nitrogen and oxygen atoms in total. The molecule has 3 aliphatic rings. The number of halogens is 1. The smallest absolute Gasteiger partial charge is 0.271 e. The van der Waals surface area contributed by atoms with E-state index in [0.29, 0.717) is 0 Å². The van der Waals surface area contributed by atoms with Crippen molar-refractivity contribution in [1.29, 1.82) is 0 Å². The van der Waals surface area contributed by atoms with Gasteiger partial charge in [-0.05, 0) is 43.4 Å². The van der Waals surface area contributed by atoms with E-state index in [1.807, 2.05) is 0 Å². The molecule has 2 aliphatic heterocycles. The van der Waals surface area contributed by atoms with Gasteiger partial charge in [0.1, 0.15) is 6.54 Å². The number of hydrogen-bond acceptors (Lipinski definition) is 2. The first-order chi connectivity index (χ1) is 14.5. The van der Waals surface area contributed by atoms with Gasteiger partial charge in [0.2, 0.25) is 5.50 Å². The Morgan fingerprint density at radius 2 is 2.00 bits per heavy atom. The fourth-order valence-corrected chi connectivity index (χ4v) is 5.77. The zero-order valence-corrected chi connectivity index (χ0v) is 19.6. The summed E-state index contributed by atoms with van der Waals surface area (Å²) in [5.41, 5.74) is 4.23. The lowest BCUT2D eigenvalue weighted by Crippen LogP contribution is -2.27. The molecule has 1 saturated carbocycles. The third-order valence-corrected chi connectivity index (χ3v) is 7.43. The van der Waals surface area contributed by atoms with Crippen LogP contribution < -0.4 is 10.2 Å². The van der Waals surface area contributed by atoms with Crippen molar-refractivity contribution in [1.82, 2.24) is 5.32 Å². The molecular formula is C26H37ClN3+. The molecule has 1 fully saturated rings. The summed E-state index contributed by atoms with van der Waals surface area (Å²) in [6.07, 6.45) is 15.1. The Morgan fingerprint density at radius 1 is 1.23 bits per heavy atom. The molecule has 0 radical (unpaired) electrons. The second-order valence-corrected chi connectivity index (χ2v) is 10.1. The Morgan fingerprint density at radius 3 is 2.77 bits per heavy atom. The number of nitrogens with one attached hydrogen (secondary N) is 1. The molecule has 0 bridgehead atoms. The van der Waals surface area contributed by atoms with Gasteiger partial charge in [0.05, 0.1) is 6.54 Å². The number of rotatable bonds is 7. The van der Waals surface area contributed by atoms with Gasteiger partial charge >= 0.3 is 0 Å². The molecule has 0 aromatic heterocycles. The molecule has 30 heavy (non-hydrogen) atoms. The number of para-hydroxylation sites is 1. The Labute approximate surface area is 187 Å². The van der Waals surface area contributed by atoms with E-state index in [4.69, 9.17) is 11.6 Å². The number of hydrogen-bond donors (Lipinski definition) is 1. The van der Waals surface area contributed by atoms with E-state index in [1.165, 1.54) is 55.5 Å². The van der Waals surface area contributed by atoms with Crippen LogP contribution in [0.3, 0.4) is 0 Å². The SMILES string of the molecule is CC[N+]1=C(/C=C/C=C2/N(CCCC3CCCC3)c3ccccc3C2(C)C)NC(Cl)C1. The number of anilines is 1. The van der Waals surface area contributed by atoms with Gasteiger partial charge in [-0.2, -0.15) is 0 Å². The standard InChI is InChI=1S/C26H36ClN3/c1-4-29-19-24(27)28-25(29)17-9-16-23-26(2,3)21-14-7-8-15-22(21)30(23)18-10-13-20-11-5-6-12-20/h7-9,14-17,20,24H,4-6,10-13,18-19H2,1-3H3/p+1/b17-9+,23-16+. The monoisotopic (exact) mass is 426 g/mol. The van der Waals surface area contributed by atoms with E-state index in [-0.39, 0.29) is 10.9 Å². The van der Waals surface area contributed by atoms with Crippen molar-refractivity contribution in [3.63, 3.8) is 0 Å². The predicted molar refractivity (Wildman–Crippen MR) is 129 cm³/mol. The zero-order valence-electron chi connectivity index (χ0n) is 18.8. The lowest BCUT2D eigenvalue weighted by molar-refractivity contribution is -0.514. The van der Waals surface area contributed by atoms with Crippen molar-refractivity contribution in [2.75, 3.05) is 24.5 Å². The van der Waals surface area contributed by atoms with Gasteiger partial charge in [-0.3, -0.25) is 9.89 Å². The molecule has 4 heteroatoms. The topological polar surface area (TPSA) is 18.3 Å². The van der Waals surface area contributed by atoms with Gasteiger partial charge in [-0.25, -0.2) is 0 Å². The summed E-state index contributed by atoms with van der Waals surface area (Å²) >= 11 is 6.30. The van der Waals surface area contributed by atoms with E-state index in [9.17, 15) is 0 Å². The van der Waals surface area contributed by atoms with Gasteiger partial charge in [0.15, 0.2) is 0 Å². The highest BCUT2D eigenvalue weighted by Gasteiger charge is 2.39. The lowest BCUT2D eigenvalue weighted by Gasteiger charge is -2.27. The van der Waals surface area contributed by atoms with Crippen LogP contribution in [-0.2, 0) is 5.41 Å². The zero-order chi connectivity index (χ0) is 21.1. The van der Waals surface area contributed by atoms with Crippen LogP contribution in [0, 0.1) is 5.92 Å². The molecule has 2 heterocycles. The number of allylic oxidation sites excluding steroid dienone is 3. The minimum absolute atomic E-state index is 0.00323. The molecule has 0 saturated heterocycles. The maximum absolute atomic E-state index is 6.30. The first-order valence-corrected chi connectivity index (χ1v) is 12.2. The maximum Gasteiger partial charge on any atom is 0.271 e. The van der Waals surface area contributed by atoms with E-state index < -0.39 is 0 Å². The Kier molecular flexibility index (Phi) is 6.57.